The first-order chi connectivity index (χ1) is 8.81. The second kappa shape index (κ2) is 3.52. The highest BCUT2D eigenvalue weighted by atomic mass is 15.1. The third-order valence-corrected chi connectivity index (χ3v) is 4.03. The summed E-state index contributed by atoms with van der Waals surface area (Å²) in [6, 6.07) is 6.69. The standard InChI is InChI=1S/C16H16N2/c1-11-5-6-15-13(9-11)14-10-18(12-3-2-4-12)8-7-16(14)17-15/h2-6,9,17H,7-8,10H2,1H3. The van der Waals surface area contributed by atoms with Crippen molar-refractivity contribution in [3.8, 4) is 0 Å². The predicted octanol–water partition coefficient (Wildman–Crippen LogP) is 3.29. The summed E-state index contributed by atoms with van der Waals surface area (Å²) in [5.41, 5.74) is 6.91. The second-order valence-electron chi connectivity index (χ2n) is 5.25. The van der Waals surface area contributed by atoms with Crippen molar-refractivity contribution < 1.29 is 0 Å². The van der Waals surface area contributed by atoms with Crippen LogP contribution in [0, 0.1) is 6.92 Å². The smallest absolute Gasteiger partial charge is 0.0459 e. The molecule has 2 heteroatoms. The second-order valence-corrected chi connectivity index (χ2v) is 5.25. The fraction of sp³-hybridized carbons (Fsp3) is 0.250. The van der Waals surface area contributed by atoms with Crippen LogP contribution < -0.4 is 0 Å². The molecule has 0 unspecified atom stereocenters. The highest BCUT2D eigenvalue weighted by Gasteiger charge is 2.22. The Bertz CT molecular complexity index is 688. The van der Waals surface area contributed by atoms with Gasteiger partial charge in [0.15, 0.2) is 0 Å². The maximum Gasteiger partial charge on any atom is 0.0459 e. The number of aromatic amines is 1. The van der Waals surface area contributed by atoms with Crippen LogP contribution in [0.25, 0.3) is 10.9 Å². The van der Waals surface area contributed by atoms with E-state index in [1.54, 1.807) is 0 Å². The van der Waals surface area contributed by atoms with Gasteiger partial charge in [-0.15, -0.1) is 0 Å². The van der Waals surface area contributed by atoms with E-state index >= 15 is 0 Å². The topological polar surface area (TPSA) is 19.0 Å². The van der Waals surface area contributed by atoms with Crippen LogP contribution in [-0.4, -0.2) is 16.4 Å². The molecule has 0 bridgehead atoms. The van der Waals surface area contributed by atoms with E-state index in [1.807, 2.05) is 0 Å². The summed E-state index contributed by atoms with van der Waals surface area (Å²) < 4.78 is 0. The molecule has 1 aromatic heterocycles. The van der Waals surface area contributed by atoms with Gasteiger partial charge in [-0.25, -0.2) is 0 Å². The SMILES string of the molecule is Cc1ccc2[nH]c3c(c2c1)CN(C1=CC=C1)CC3. The number of fused-ring (bicyclic) bond motifs is 3. The number of allylic oxidation sites excluding steroid dienone is 3. The molecule has 0 radical (unpaired) electrons. The monoisotopic (exact) mass is 236 g/mol. The number of nitrogens with one attached hydrogen (secondary N) is 1. The molecule has 2 aliphatic rings. The fourth-order valence-corrected chi connectivity index (χ4v) is 2.94. The Morgan fingerprint density at radius 2 is 2.17 bits per heavy atom. The molecule has 0 spiro atoms. The molecule has 90 valence electrons. The molecule has 0 saturated heterocycles. The van der Waals surface area contributed by atoms with Gasteiger partial charge < -0.3 is 9.88 Å². The third kappa shape index (κ3) is 1.35. The summed E-state index contributed by atoms with van der Waals surface area (Å²) in [5.74, 6) is 0. The molecule has 4 rings (SSSR count). The first-order valence-electron chi connectivity index (χ1n) is 6.55. The van der Waals surface area contributed by atoms with Crippen LogP contribution in [0.1, 0.15) is 16.8 Å². The van der Waals surface area contributed by atoms with Crippen LogP contribution >= 0.6 is 0 Å². The lowest BCUT2D eigenvalue weighted by atomic mass is 10.0. The quantitative estimate of drug-likeness (QED) is 0.805. The molecule has 1 aliphatic heterocycles. The van der Waals surface area contributed by atoms with Gasteiger partial charge in [0.1, 0.15) is 0 Å². The molecule has 18 heavy (non-hydrogen) atoms. The number of rotatable bonds is 1. The van der Waals surface area contributed by atoms with Gasteiger partial charge in [-0.1, -0.05) is 17.7 Å². The van der Waals surface area contributed by atoms with Crippen LogP contribution in [-0.2, 0) is 13.0 Å². The normalized spacial score (nSPS) is 17.6. The molecule has 2 aromatic rings. The first kappa shape index (κ1) is 10.0. The van der Waals surface area contributed by atoms with Crippen molar-refractivity contribution in [2.75, 3.05) is 6.54 Å². The summed E-state index contributed by atoms with van der Waals surface area (Å²) in [6.45, 7) is 4.32. The van der Waals surface area contributed by atoms with Crippen LogP contribution in [0.2, 0.25) is 0 Å². The lowest BCUT2D eigenvalue weighted by molar-refractivity contribution is 0.329. The lowest BCUT2D eigenvalue weighted by Gasteiger charge is -2.31. The first-order valence-corrected chi connectivity index (χ1v) is 6.55. The number of benzene rings is 1. The van der Waals surface area contributed by atoms with E-state index in [-0.39, 0.29) is 0 Å². The van der Waals surface area contributed by atoms with Crippen molar-refractivity contribution in [1.29, 1.82) is 0 Å². The van der Waals surface area contributed by atoms with Gasteiger partial charge >= 0.3 is 0 Å². The average molecular weight is 236 g/mol. The molecule has 0 atom stereocenters. The van der Waals surface area contributed by atoms with Crippen LogP contribution in [0.4, 0.5) is 0 Å². The number of hydrogen-bond acceptors (Lipinski definition) is 1. The molecule has 1 aromatic carbocycles. The Kier molecular flexibility index (Phi) is 1.95. The number of aryl methyl sites for hydroxylation is 1. The number of H-pyrrole nitrogens is 1. The number of nitrogens with zero attached hydrogens (tertiary/aromatic N) is 1. The van der Waals surface area contributed by atoms with E-state index in [0.29, 0.717) is 0 Å². The maximum atomic E-state index is 3.57. The Labute approximate surface area is 107 Å². The van der Waals surface area contributed by atoms with Crippen LogP contribution in [0.3, 0.4) is 0 Å². The molecule has 2 nitrogen and oxygen atoms in total. The minimum atomic E-state index is 1.04. The predicted molar refractivity (Wildman–Crippen MR) is 74.4 cm³/mol. The Hall–Kier alpha value is -1.96. The van der Waals surface area contributed by atoms with Crippen LogP contribution in [0.15, 0.2) is 42.1 Å². The van der Waals surface area contributed by atoms with E-state index in [1.165, 1.54) is 33.4 Å². The molecular formula is C16H16N2. The summed E-state index contributed by atoms with van der Waals surface area (Å²) in [5, 5.41) is 1.40. The summed E-state index contributed by atoms with van der Waals surface area (Å²) in [4.78, 5) is 6.04. The molecule has 0 fully saturated rings. The number of aromatic nitrogens is 1. The highest BCUT2D eigenvalue weighted by Crippen LogP contribution is 2.31. The summed E-state index contributed by atoms with van der Waals surface area (Å²) in [6.07, 6.45) is 7.63. The van der Waals surface area contributed by atoms with Crippen molar-refractivity contribution in [2.45, 2.75) is 19.9 Å². The van der Waals surface area contributed by atoms with Crippen LogP contribution in [0.5, 0.6) is 0 Å². The van der Waals surface area contributed by atoms with Gasteiger partial charge in [-0.3, -0.25) is 0 Å². The van der Waals surface area contributed by atoms with Crippen molar-refractivity contribution in [1.82, 2.24) is 9.88 Å². The van der Waals surface area contributed by atoms with Gasteiger partial charge in [0, 0.05) is 47.4 Å². The Morgan fingerprint density at radius 3 is 2.94 bits per heavy atom. The third-order valence-electron chi connectivity index (χ3n) is 4.03. The zero-order chi connectivity index (χ0) is 12.1. The summed E-state index contributed by atoms with van der Waals surface area (Å²) in [7, 11) is 0. The summed E-state index contributed by atoms with van der Waals surface area (Å²) >= 11 is 0. The van der Waals surface area contributed by atoms with E-state index in [2.05, 4.69) is 53.2 Å². The van der Waals surface area contributed by atoms with E-state index < -0.39 is 0 Å². The van der Waals surface area contributed by atoms with E-state index in [9.17, 15) is 0 Å². The van der Waals surface area contributed by atoms with E-state index in [0.717, 1.165) is 19.5 Å². The molecule has 1 N–H and O–H groups in total. The number of hydrogen-bond donors (Lipinski definition) is 1. The lowest BCUT2D eigenvalue weighted by Crippen LogP contribution is -2.30. The van der Waals surface area contributed by atoms with Crippen molar-refractivity contribution in [3.63, 3.8) is 0 Å². The average Bonchev–Trinajstić information content (AvgIpc) is 2.65. The largest absolute Gasteiger partial charge is 0.367 e. The van der Waals surface area contributed by atoms with Gasteiger partial charge in [0.05, 0.1) is 0 Å². The van der Waals surface area contributed by atoms with E-state index in [4.69, 9.17) is 0 Å². The van der Waals surface area contributed by atoms with Crippen molar-refractivity contribution >= 4 is 10.9 Å². The molecular weight excluding hydrogens is 220 g/mol. The zero-order valence-corrected chi connectivity index (χ0v) is 10.5. The molecule has 2 heterocycles. The zero-order valence-electron chi connectivity index (χ0n) is 10.5. The van der Waals surface area contributed by atoms with Crippen molar-refractivity contribution in [2.24, 2.45) is 0 Å². The van der Waals surface area contributed by atoms with Gasteiger partial charge in [0.25, 0.3) is 0 Å². The molecule has 0 saturated carbocycles. The van der Waals surface area contributed by atoms with Gasteiger partial charge in [0.2, 0.25) is 0 Å². The molecule has 0 amide bonds. The minimum Gasteiger partial charge on any atom is -0.367 e. The highest BCUT2D eigenvalue weighted by molar-refractivity contribution is 5.85. The Balaban J connectivity index is 1.81. The molecule has 1 aliphatic carbocycles. The minimum absolute atomic E-state index is 1.04. The Morgan fingerprint density at radius 1 is 1.28 bits per heavy atom. The maximum absolute atomic E-state index is 3.57. The van der Waals surface area contributed by atoms with Gasteiger partial charge in [-0.2, -0.15) is 0 Å². The van der Waals surface area contributed by atoms with Crippen molar-refractivity contribution in [3.05, 3.63) is 58.9 Å². The van der Waals surface area contributed by atoms with Gasteiger partial charge in [-0.05, 0) is 31.2 Å². The fourth-order valence-electron chi connectivity index (χ4n) is 2.94.